The van der Waals surface area contributed by atoms with E-state index in [9.17, 15) is 5.11 Å². The van der Waals surface area contributed by atoms with Crippen LogP contribution in [0.3, 0.4) is 0 Å². The maximum atomic E-state index is 9.61. The normalized spacial score (nSPS) is 25.7. The fraction of sp³-hybridized carbons (Fsp3) is 0.368. The second-order valence-electron chi connectivity index (χ2n) is 6.07. The van der Waals surface area contributed by atoms with Crippen molar-refractivity contribution in [2.45, 2.75) is 37.0 Å². The SMILES string of the molecule is Oc1cccc(CC2CC(c3ccccc3)CCC2Cl)c1. The quantitative estimate of drug-likeness (QED) is 0.779. The van der Waals surface area contributed by atoms with Crippen molar-refractivity contribution < 1.29 is 5.11 Å². The topological polar surface area (TPSA) is 20.2 Å². The first-order chi connectivity index (χ1) is 10.2. The fourth-order valence-corrected chi connectivity index (χ4v) is 3.77. The number of rotatable bonds is 3. The highest BCUT2D eigenvalue weighted by Gasteiger charge is 2.30. The molecule has 2 aromatic carbocycles. The van der Waals surface area contributed by atoms with Crippen LogP contribution in [0, 0.1) is 5.92 Å². The molecule has 3 rings (SSSR count). The van der Waals surface area contributed by atoms with Gasteiger partial charge in [0, 0.05) is 5.38 Å². The van der Waals surface area contributed by atoms with E-state index in [1.54, 1.807) is 6.07 Å². The highest BCUT2D eigenvalue weighted by atomic mass is 35.5. The largest absolute Gasteiger partial charge is 0.508 e. The lowest BCUT2D eigenvalue weighted by Crippen LogP contribution is -2.26. The van der Waals surface area contributed by atoms with Gasteiger partial charge in [-0.3, -0.25) is 0 Å². The number of halogens is 1. The van der Waals surface area contributed by atoms with E-state index in [1.165, 1.54) is 17.5 Å². The number of phenols is 1. The molecule has 0 radical (unpaired) electrons. The summed E-state index contributed by atoms with van der Waals surface area (Å²) in [4.78, 5) is 0. The number of hydrogen-bond donors (Lipinski definition) is 1. The van der Waals surface area contributed by atoms with Gasteiger partial charge < -0.3 is 5.11 Å². The lowest BCUT2D eigenvalue weighted by atomic mass is 9.75. The maximum Gasteiger partial charge on any atom is 0.115 e. The van der Waals surface area contributed by atoms with Crippen LogP contribution in [0.15, 0.2) is 54.6 Å². The molecule has 0 bridgehead atoms. The van der Waals surface area contributed by atoms with Crippen molar-refractivity contribution in [1.29, 1.82) is 0 Å². The van der Waals surface area contributed by atoms with Crippen LogP contribution in [0.2, 0.25) is 0 Å². The zero-order chi connectivity index (χ0) is 14.7. The molecule has 3 unspecified atom stereocenters. The van der Waals surface area contributed by atoms with Gasteiger partial charge in [-0.05, 0) is 60.8 Å². The predicted molar refractivity (Wildman–Crippen MR) is 88.0 cm³/mol. The Bertz CT molecular complexity index is 581. The van der Waals surface area contributed by atoms with Crippen LogP contribution >= 0.6 is 11.6 Å². The number of phenolic OH excluding ortho intramolecular Hbond substituents is 1. The van der Waals surface area contributed by atoms with Crippen molar-refractivity contribution in [2.24, 2.45) is 5.92 Å². The Hall–Kier alpha value is -1.47. The molecule has 1 nitrogen and oxygen atoms in total. The van der Waals surface area contributed by atoms with Crippen LogP contribution in [0.5, 0.6) is 5.75 Å². The minimum absolute atomic E-state index is 0.243. The average Bonchev–Trinajstić information content (AvgIpc) is 2.50. The molecular weight excluding hydrogens is 280 g/mol. The Morgan fingerprint density at radius 1 is 1.00 bits per heavy atom. The summed E-state index contributed by atoms with van der Waals surface area (Å²) in [5.74, 6) is 1.44. The Kier molecular flexibility index (Phi) is 4.50. The lowest BCUT2D eigenvalue weighted by Gasteiger charge is -2.33. The molecule has 2 aromatic rings. The van der Waals surface area contributed by atoms with E-state index in [4.69, 9.17) is 11.6 Å². The van der Waals surface area contributed by atoms with Gasteiger partial charge in [0.15, 0.2) is 0 Å². The summed E-state index contributed by atoms with van der Waals surface area (Å²) in [6, 6.07) is 18.3. The number of alkyl halides is 1. The first-order valence-corrected chi connectivity index (χ1v) is 8.13. The lowest BCUT2D eigenvalue weighted by molar-refractivity contribution is 0.326. The first kappa shape index (κ1) is 14.5. The van der Waals surface area contributed by atoms with E-state index in [0.29, 0.717) is 17.6 Å². The van der Waals surface area contributed by atoms with Gasteiger partial charge in [0.1, 0.15) is 5.75 Å². The summed E-state index contributed by atoms with van der Waals surface area (Å²) in [5.41, 5.74) is 2.61. The van der Waals surface area contributed by atoms with Gasteiger partial charge >= 0.3 is 0 Å². The molecule has 0 heterocycles. The molecule has 21 heavy (non-hydrogen) atoms. The molecule has 3 atom stereocenters. The maximum absolute atomic E-state index is 9.61. The minimum Gasteiger partial charge on any atom is -0.508 e. The second kappa shape index (κ2) is 6.53. The number of hydrogen-bond acceptors (Lipinski definition) is 1. The third-order valence-corrected chi connectivity index (χ3v) is 5.14. The van der Waals surface area contributed by atoms with Crippen molar-refractivity contribution in [3.8, 4) is 5.75 Å². The van der Waals surface area contributed by atoms with Gasteiger partial charge in [-0.25, -0.2) is 0 Å². The zero-order valence-corrected chi connectivity index (χ0v) is 12.8. The second-order valence-corrected chi connectivity index (χ2v) is 6.63. The van der Waals surface area contributed by atoms with Crippen molar-refractivity contribution in [3.05, 3.63) is 65.7 Å². The van der Waals surface area contributed by atoms with Gasteiger partial charge in [0.2, 0.25) is 0 Å². The first-order valence-electron chi connectivity index (χ1n) is 7.69. The summed E-state index contributed by atoms with van der Waals surface area (Å²) in [5, 5.41) is 9.85. The molecule has 1 aliphatic carbocycles. The van der Waals surface area contributed by atoms with Crippen LogP contribution in [0.25, 0.3) is 0 Å². The third-order valence-electron chi connectivity index (χ3n) is 4.57. The van der Waals surface area contributed by atoms with E-state index >= 15 is 0 Å². The Morgan fingerprint density at radius 3 is 2.57 bits per heavy atom. The van der Waals surface area contributed by atoms with Crippen molar-refractivity contribution in [3.63, 3.8) is 0 Å². The highest BCUT2D eigenvalue weighted by molar-refractivity contribution is 6.20. The molecule has 110 valence electrons. The average molecular weight is 301 g/mol. The molecule has 1 N–H and O–H groups in total. The molecule has 0 saturated heterocycles. The third kappa shape index (κ3) is 3.59. The Balaban J connectivity index is 1.72. The van der Waals surface area contributed by atoms with E-state index in [-0.39, 0.29) is 5.38 Å². The van der Waals surface area contributed by atoms with E-state index < -0.39 is 0 Å². The van der Waals surface area contributed by atoms with Gasteiger partial charge in [-0.15, -0.1) is 11.6 Å². The Labute approximate surface area is 131 Å². The molecular formula is C19H21ClO. The highest BCUT2D eigenvalue weighted by Crippen LogP contribution is 2.40. The summed E-state index contributed by atoms with van der Waals surface area (Å²) >= 11 is 6.56. The van der Waals surface area contributed by atoms with Crippen molar-refractivity contribution in [1.82, 2.24) is 0 Å². The van der Waals surface area contributed by atoms with Crippen molar-refractivity contribution >= 4 is 11.6 Å². The number of aromatic hydroxyl groups is 1. The molecule has 1 aliphatic rings. The van der Waals surface area contributed by atoms with Crippen LogP contribution in [0.4, 0.5) is 0 Å². The van der Waals surface area contributed by atoms with Crippen LogP contribution in [-0.2, 0) is 6.42 Å². The summed E-state index contributed by atoms with van der Waals surface area (Å²) in [6.07, 6.45) is 4.33. The molecule has 0 amide bonds. The molecule has 0 aliphatic heterocycles. The van der Waals surface area contributed by atoms with Gasteiger partial charge in [0.05, 0.1) is 0 Å². The summed E-state index contributed by atoms with van der Waals surface area (Å²) in [6.45, 7) is 0. The van der Waals surface area contributed by atoms with Gasteiger partial charge in [0.25, 0.3) is 0 Å². The van der Waals surface area contributed by atoms with E-state index in [2.05, 4.69) is 36.4 Å². The number of benzene rings is 2. The summed E-state index contributed by atoms with van der Waals surface area (Å²) in [7, 11) is 0. The molecule has 0 aromatic heterocycles. The zero-order valence-electron chi connectivity index (χ0n) is 12.1. The monoisotopic (exact) mass is 300 g/mol. The molecule has 1 fully saturated rings. The summed E-state index contributed by atoms with van der Waals surface area (Å²) < 4.78 is 0. The fourth-order valence-electron chi connectivity index (χ4n) is 3.45. The minimum atomic E-state index is 0.243. The Morgan fingerprint density at radius 2 is 1.81 bits per heavy atom. The van der Waals surface area contributed by atoms with E-state index in [0.717, 1.165) is 19.3 Å². The van der Waals surface area contributed by atoms with Crippen LogP contribution < -0.4 is 0 Å². The molecule has 0 spiro atoms. The predicted octanol–water partition coefficient (Wildman–Crippen LogP) is 5.13. The van der Waals surface area contributed by atoms with E-state index in [1.807, 2.05) is 12.1 Å². The standard InChI is InChI=1S/C19H21ClO/c20-19-10-9-16(15-6-2-1-3-7-15)13-17(19)11-14-5-4-8-18(21)12-14/h1-8,12,16-17,19,21H,9-11,13H2. The van der Waals surface area contributed by atoms with Gasteiger partial charge in [-0.2, -0.15) is 0 Å². The molecule has 2 heteroatoms. The smallest absolute Gasteiger partial charge is 0.115 e. The van der Waals surface area contributed by atoms with Crippen molar-refractivity contribution in [2.75, 3.05) is 0 Å². The molecule has 1 saturated carbocycles. The van der Waals surface area contributed by atoms with Crippen LogP contribution in [0.1, 0.15) is 36.3 Å². The van der Waals surface area contributed by atoms with Gasteiger partial charge in [-0.1, -0.05) is 42.5 Å². The van der Waals surface area contributed by atoms with Crippen LogP contribution in [-0.4, -0.2) is 10.5 Å².